The molecule has 1 aromatic heterocycles. The maximum atomic E-state index is 11.4. The summed E-state index contributed by atoms with van der Waals surface area (Å²) in [6.45, 7) is 1.70. The Bertz CT molecular complexity index is 673. The first-order valence-electron chi connectivity index (χ1n) is 6.07. The second kappa shape index (κ2) is 5.83. The number of thiocarbonyl (C=S) groups is 1. The Kier molecular flexibility index (Phi) is 4.14. The minimum absolute atomic E-state index is 0.289. The predicted molar refractivity (Wildman–Crippen MR) is 82.7 cm³/mol. The number of nitrogens with zero attached hydrogens (tertiary/aromatic N) is 1. The van der Waals surface area contributed by atoms with E-state index in [0.717, 1.165) is 16.5 Å². The summed E-state index contributed by atoms with van der Waals surface area (Å²) in [5.41, 5.74) is 7.24. The van der Waals surface area contributed by atoms with Crippen LogP contribution in [0.25, 0.3) is 10.9 Å². The van der Waals surface area contributed by atoms with Gasteiger partial charge in [0, 0.05) is 10.9 Å². The van der Waals surface area contributed by atoms with Crippen LogP contribution in [-0.2, 0) is 9.53 Å². The minimum atomic E-state index is -0.507. The second-order valence-electron chi connectivity index (χ2n) is 4.33. The third-order valence-electron chi connectivity index (χ3n) is 2.90. The fourth-order valence-corrected chi connectivity index (χ4v) is 2.08. The van der Waals surface area contributed by atoms with E-state index in [0.29, 0.717) is 5.82 Å². The van der Waals surface area contributed by atoms with Crippen molar-refractivity contribution >= 4 is 39.9 Å². The summed E-state index contributed by atoms with van der Waals surface area (Å²) in [4.78, 5) is 16.2. The van der Waals surface area contributed by atoms with E-state index in [2.05, 4.69) is 15.0 Å². The smallest absolute Gasteiger partial charge is 0.328 e. The maximum Gasteiger partial charge on any atom is 0.328 e. The van der Waals surface area contributed by atoms with E-state index in [1.807, 2.05) is 24.3 Å². The lowest BCUT2D eigenvalue weighted by Gasteiger charge is -2.14. The molecular formula is C14H15N3O2S. The van der Waals surface area contributed by atoms with E-state index >= 15 is 0 Å². The molecular weight excluding hydrogens is 274 g/mol. The van der Waals surface area contributed by atoms with Crippen molar-refractivity contribution in [3.63, 3.8) is 0 Å². The molecule has 6 heteroatoms. The monoisotopic (exact) mass is 289 g/mol. The van der Waals surface area contributed by atoms with Crippen LogP contribution in [-0.4, -0.2) is 29.1 Å². The number of benzene rings is 1. The standard InChI is InChI=1S/C14H15N3O2S/c1-8(14(18)19-2)16-12-7-10(13(15)20)9-5-3-4-6-11(9)17-12/h3-8H,1-2H3,(H2,15,20)(H,16,17). The van der Waals surface area contributed by atoms with Crippen LogP contribution in [0.5, 0.6) is 0 Å². The summed E-state index contributed by atoms with van der Waals surface area (Å²) in [6.07, 6.45) is 0. The van der Waals surface area contributed by atoms with E-state index in [9.17, 15) is 4.79 Å². The second-order valence-corrected chi connectivity index (χ2v) is 4.77. The van der Waals surface area contributed by atoms with Gasteiger partial charge in [-0.05, 0) is 19.1 Å². The normalized spacial score (nSPS) is 11.9. The first kappa shape index (κ1) is 14.2. The van der Waals surface area contributed by atoms with Gasteiger partial charge in [-0.25, -0.2) is 9.78 Å². The number of fused-ring (bicyclic) bond motifs is 1. The van der Waals surface area contributed by atoms with Gasteiger partial charge in [-0.15, -0.1) is 0 Å². The van der Waals surface area contributed by atoms with Crippen molar-refractivity contribution < 1.29 is 9.53 Å². The number of esters is 1. The molecule has 1 atom stereocenters. The van der Waals surface area contributed by atoms with Crippen molar-refractivity contribution in [2.24, 2.45) is 5.73 Å². The van der Waals surface area contributed by atoms with Crippen LogP contribution in [0.3, 0.4) is 0 Å². The molecule has 5 nitrogen and oxygen atoms in total. The largest absolute Gasteiger partial charge is 0.467 e. The lowest BCUT2D eigenvalue weighted by Crippen LogP contribution is -2.27. The molecule has 3 N–H and O–H groups in total. The lowest BCUT2D eigenvalue weighted by atomic mass is 10.1. The highest BCUT2D eigenvalue weighted by Crippen LogP contribution is 2.21. The van der Waals surface area contributed by atoms with Gasteiger partial charge in [0.2, 0.25) is 0 Å². The zero-order valence-electron chi connectivity index (χ0n) is 11.2. The van der Waals surface area contributed by atoms with Gasteiger partial charge < -0.3 is 15.8 Å². The SMILES string of the molecule is COC(=O)C(C)Nc1cc(C(N)=S)c2ccccc2n1. The van der Waals surface area contributed by atoms with Crippen LogP contribution in [0.2, 0.25) is 0 Å². The summed E-state index contributed by atoms with van der Waals surface area (Å²) in [5, 5.41) is 3.86. The summed E-state index contributed by atoms with van der Waals surface area (Å²) < 4.78 is 4.67. The molecule has 0 radical (unpaired) electrons. The molecule has 2 aromatic rings. The lowest BCUT2D eigenvalue weighted by molar-refractivity contribution is -0.141. The molecule has 1 heterocycles. The highest BCUT2D eigenvalue weighted by molar-refractivity contribution is 7.80. The van der Waals surface area contributed by atoms with Crippen LogP contribution in [0.4, 0.5) is 5.82 Å². The average Bonchev–Trinajstić information content (AvgIpc) is 2.45. The zero-order chi connectivity index (χ0) is 14.7. The number of nitrogens with two attached hydrogens (primary N) is 1. The van der Waals surface area contributed by atoms with Gasteiger partial charge in [0.1, 0.15) is 16.8 Å². The third-order valence-corrected chi connectivity index (χ3v) is 3.12. The average molecular weight is 289 g/mol. The van der Waals surface area contributed by atoms with Gasteiger partial charge in [-0.1, -0.05) is 30.4 Å². The zero-order valence-corrected chi connectivity index (χ0v) is 12.0. The van der Waals surface area contributed by atoms with Crippen LogP contribution >= 0.6 is 12.2 Å². The molecule has 0 fully saturated rings. The number of nitrogens with one attached hydrogen (secondary N) is 1. The van der Waals surface area contributed by atoms with Crippen molar-refractivity contribution in [3.05, 3.63) is 35.9 Å². The van der Waals surface area contributed by atoms with Crippen molar-refractivity contribution in [2.45, 2.75) is 13.0 Å². The summed E-state index contributed by atoms with van der Waals surface area (Å²) >= 11 is 5.07. The number of hydrogen-bond acceptors (Lipinski definition) is 5. The third kappa shape index (κ3) is 2.85. The van der Waals surface area contributed by atoms with Crippen molar-refractivity contribution in [1.29, 1.82) is 0 Å². The quantitative estimate of drug-likeness (QED) is 0.660. The Hall–Kier alpha value is -2.21. The molecule has 1 aromatic carbocycles. The first-order valence-corrected chi connectivity index (χ1v) is 6.47. The molecule has 0 aliphatic rings. The Morgan fingerprint density at radius 2 is 2.15 bits per heavy atom. The van der Waals surface area contributed by atoms with Gasteiger partial charge in [0.25, 0.3) is 0 Å². The van der Waals surface area contributed by atoms with Crippen molar-refractivity contribution in [1.82, 2.24) is 4.98 Å². The number of ether oxygens (including phenoxy) is 1. The van der Waals surface area contributed by atoms with E-state index in [-0.39, 0.29) is 11.0 Å². The van der Waals surface area contributed by atoms with Crippen LogP contribution in [0.1, 0.15) is 12.5 Å². The first-order chi connectivity index (χ1) is 9.52. The number of pyridine rings is 1. The topological polar surface area (TPSA) is 77.2 Å². The van der Waals surface area contributed by atoms with E-state index in [1.165, 1.54) is 7.11 Å². The molecule has 1 unspecified atom stereocenters. The molecule has 0 aliphatic heterocycles. The van der Waals surface area contributed by atoms with Crippen LogP contribution < -0.4 is 11.1 Å². The number of hydrogen-bond donors (Lipinski definition) is 2. The number of anilines is 1. The molecule has 20 heavy (non-hydrogen) atoms. The Balaban J connectivity index is 2.45. The maximum absolute atomic E-state index is 11.4. The highest BCUT2D eigenvalue weighted by atomic mass is 32.1. The fourth-order valence-electron chi connectivity index (χ4n) is 1.91. The van der Waals surface area contributed by atoms with Crippen molar-refractivity contribution in [2.75, 3.05) is 12.4 Å². The van der Waals surface area contributed by atoms with Gasteiger partial charge in [-0.3, -0.25) is 0 Å². The van der Waals surface area contributed by atoms with E-state index < -0.39 is 6.04 Å². The molecule has 0 saturated heterocycles. The fraction of sp³-hybridized carbons (Fsp3) is 0.214. The number of para-hydroxylation sites is 1. The molecule has 104 valence electrons. The van der Waals surface area contributed by atoms with E-state index in [4.69, 9.17) is 18.0 Å². The molecule has 0 spiro atoms. The van der Waals surface area contributed by atoms with Gasteiger partial charge in [0.05, 0.1) is 12.6 Å². The van der Waals surface area contributed by atoms with Gasteiger partial charge >= 0.3 is 5.97 Å². The van der Waals surface area contributed by atoms with E-state index in [1.54, 1.807) is 13.0 Å². The summed E-state index contributed by atoms with van der Waals surface area (Å²) in [5.74, 6) is 0.168. The summed E-state index contributed by atoms with van der Waals surface area (Å²) in [6, 6.07) is 8.79. The molecule has 0 saturated carbocycles. The number of rotatable bonds is 4. The number of carbonyl (C=O) groups is 1. The van der Waals surface area contributed by atoms with Crippen molar-refractivity contribution in [3.8, 4) is 0 Å². The highest BCUT2D eigenvalue weighted by Gasteiger charge is 2.15. The summed E-state index contributed by atoms with van der Waals surface area (Å²) in [7, 11) is 1.34. The molecule has 0 amide bonds. The molecule has 2 rings (SSSR count). The van der Waals surface area contributed by atoms with Gasteiger partial charge in [0.15, 0.2) is 0 Å². The Morgan fingerprint density at radius 1 is 1.45 bits per heavy atom. The predicted octanol–water partition coefficient (Wildman–Crippen LogP) is 1.84. The number of aromatic nitrogens is 1. The minimum Gasteiger partial charge on any atom is -0.467 e. The van der Waals surface area contributed by atoms with Crippen LogP contribution in [0, 0.1) is 0 Å². The van der Waals surface area contributed by atoms with Crippen LogP contribution in [0.15, 0.2) is 30.3 Å². The Labute approximate surface area is 122 Å². The number of carbonyl (C=O) groups excluding carboxylic acids is 1. The number of methoxy groups -OCH3 is 1. The molecule has 0 bridgehead atoms. The van der Waals surface area contributed by atoms with Gasteiger partial charge in [-0.2, -0.15) is 0 Å². The Morgan fingerprint density at radius 3 is 2.80 bits per heavy atom. The molecule has 0 aliphatic carbocycles.